The monoisotopic (exact) mass is 422 g/mol. The number of hydrogen-bond acceptors (Lipinski definition) is 3. The van der Waals surface area contributed by atoms with Crippen LogP contribution in [0.2, 0.25) is 0 Å². The van der Waals surface area contributed by atoms with Gasteiger partial charge in [0, 0.05) is 13.1 Å². The van der Waals surface area contributed by atoms with Gasteiger partial charge in [-0.3, -0.25) is 4.79 Å². The minimum Gasteiger partial charge on any atom is -0.351 e. The lowest BCUT2D eigenvalue weighted by Gasteiger charge is -2.22. The molecule has 5 nitrogen and oxygen atoms in total. The summed E-state index contributed by atoms with van der Waals surface area (Å²) >= 11 is 0. The maximum Gasteiger partial charge on any atom is 0.243 e. The van der Waals surface area contributed by atoms with Crippen molar-refractivity contribution in [3.8, 4) is 0 Å². The molecule has 0 aliphatic heterocycles. The maximum absolute atomic E-state index is 13.2. The normalized spacial score (nSPS) is 11.4. The Hall–Kier alpha value is -2.96. The van der Waals surface area contributed by atoms with Gasteiger partial charge in [-0.1, -0.05) is 77.9 Å². The number of hydrogen-bond donors (Lipinski definition) is 1. The van der Waals surface area contributed by atoms with Gasteiger partial charge in [0.2, 0.25) is 15.9 Å². The molecule has 30 heavy (non-hydrogen) atoms. The van der Waals surface area contributed by atoms with Gasteiger partial charge >= 0.3 is 0 Å². The summed E-state index contributed by atoms with van der Waals surface area (Å²) in [5.41, 5.74) is 4.02. The van der Waals surface area contributed by atoms with E-state index < -0.39 is 10.0 Å². The Morgan fingerprint density at radius 2 is 1.33 bits per heavy atom. The first kappa shape index (κ1) is 21.7. The van der Waals surface area contributed by atoms with E-state index in [-0.39, 0.29) is 23.9 Å². The van der Waals surface area contributed by atoms with E-state index in [0.717, 1.165) is 22.3 Å². The Bertz CT molecular complexity index is 1080. The number of carbonyl (C=O) groups is 1. The lowest BCUT2D eigenvalue weighted by Crippen LogP contribution is -2.40. The summed E-state index contributed by atoms with van der Waals surface area (Å²) in [6.07, 6.45) is 0. The summed E-state index contributed by atoms with van der Waals surface area (Å²) < 4.78 is 27.6. The number of aryl methyl sites for hydroxylation is 2. The summed E-state index contributed by atoms with van der Waals surface area (Å²) in [5, 5.41) is 2.82. The van der Waals surface area contributed by atoms with Crippen molar-refractivity contribution in [1.29, 1.82) is 0 Å². The van der Waals surface area contributed by atoms with Crippen LogP contribution in [0.25, 0.3) is 0 Å². The van der Waals surface area contributed by atoms with E-state index in [1.165, 1.54) is 4.31 Å². The summed E-state index contributed by atoms with van der Waals surface area (Å²) in [4.78, 5) is 12.8. The molecule has 3 aromatic rings. The highest BCUT2D eigenvalue weighted by Crippen LogP contribution is 2.18. The second-order valence-corrected chi connectivity index (χ2v) is 9.27. The molecule has 0 aromatic heterocycles. The van der Waals surface area contributed by atoms with E-state index in [9.17, 15) is 13.2 Å². The zero-order valence-electron chi connectivity index (χ0n) is 17.2. The van der Waals surface area contributed by atoms with Crippen LogP contribution >= 0.6 is 0 Å². The standard InChI is InChI=1S/C24H26N2O3S/c1-19-8-12-21(13-9-19)16-25-24(27)18-26(17-22-14-10-20(2)11-15-22)30(28,29)23-6-4-3-5-7-23/h3-15H,16-18H2,1-2H3,(H,25,27). The predicted octanol–water partition coefficient (Wildman–Crippen LogP) is 3.81. The molecule has 0 saturated heterocycles. The Labute approximate surface area is 178 Å². The third-order valence-corrected chi connectivity index (χ3v) is 6.60. The SMILES string of the molecule is Cc1ccc(CNC(=O)CN(Cc2ccc(C)cc2)S(=O)(=O)c2ccccc2)cc1. The first-order valence-electron chi connectivity index (χ1n) is 9.77. The fraction of sp³-hybridized carbons (Fsp3) is 0.208. The van der Waals surface area contributed by atoms with Gasteiger partial charge in [-0.05, 0) is 37.1 Å². The number of benzene rings is 3. The third-order valence-electron chi connectivity index (χ3n) is 4.79. The molecule has 0 bridgehead atoms. The van der Waals surface area contributed by atoms with Crippen molar-refractivity contribution in [1.82, 2.24) is 9.62 Å². The van der Waals surface area contributed by atoms with Crippen LogP contribution in [0, 0.1) is 13.8 Å². The van der Waals surface area contributed by atoms with Crippen molar-refractivity contribution in [3.05, 3.63) is 101 Å². The van der Waals surface area contributed by atoms with E-state index in [1.54, 1.807) is 30.3 Å². The number of carbonyl (C=O) groups excluding carboxylic acids is 1. The first-order valence-corrected chi connectivity index (χ1v) is 11.2. The average Bonchev–Trinajstić information content (AvgIpc) is 2.75. The van der Waals surface area contributed by atoms with Crippen molar-refractivity contribution in [2.75, 3.05) is 6.54 Å². The summed E-state index contributed by atoms with van der Waals surface area (Å²) in [6, 6.07) is 23.7. The number of rotatable bonds is 8. The fourth-order valence-electron chi connectivity index (χ4n) is 2.99. The van der Waals surface area contributed by atoms with Gasteiger partial charge in [-0.2, -0.15) is 4.31 Å². The molecule has 0 heterocycles. The molecule has 0 radical (unpaired) electrons. The second kappa shape index (κ2) is 9.69. The molecule has 3 rings (SSSR count). The number of sulfonamides is 1. The van der Waals surface area contributed by atoms with Crippen molar-refractivity contribution < 1.29 is 13.2 Å². The number of amides is 1. The smallest absolute Gasteiger partial charge is 0.243 e. The van der Waals surface area contributed by atoms with Gasteiger partial charge in [0.15, 0.2) is 0 Å². The predicted molar refractivity (Wildman–Crippen MR) is 118 cm³/mol. The number of nitrogens with one attached hydrogen (secondary N) is 1. The van der Waals surface area contributed by atoms with Gasteiger partial charge in [-0.15, -0.1) is 0 Å². The van der Waals surface area contributed by atoms with Crippen molar-refractivity contribution in [2.45, 2.75) is 31.8 Å². The van der Waals surface area contributed by atoms with Crippen LogP contribution in [0.4, 0.5) is 0 Å². The quantitative estimate of drug-likeness (QED) is 0.600. The van der Waals surface area contributed by atoms with Crippen molar-refractivity contribution >= 4 is 15.9 Å². The lowest BCUT2D eigenvalue weighted by atomic mass is 10.1. The largest absolute Gasteiger partial charge is 0.351 e. The molecule has 0 aliphatic carbocycles. The fourth-order valence-corrected chi connectivity index (χ4v) is 4.39. The molecule has 156 valence electrons. The maximum atomic E-state index is 13.2. The van der Waals surface area contributed by atoms with E-state index in [0.29, 0.717) is 6.54 Å². The minimum atomic E-state index is -3.82. The van der Waals surface area contributed by atoms with Crippen LogP contribution in [0.3, 0.4) is 0 Å². The van der Waals surface area contributed by atoms with Gasteiger partial charge < -0.3 is 5.32 Å². The van der Waals surface area contributed by atoms with Crippen LogP contribution in [0.15, 0.2) is 83.8 Å². The first-order chi connectivity index (χ1) is 14.3. The molecule has 0 unspecified atom stereocenters. The van der Waals surface area contributed by atoms with Gasteiger partial charge in [0.1, 0.15) is 0 Å². The lowest BCUT2D eigenvalue weighted by molar-refractivity contribution is -0.121. The van der Waals surface area contributed by atoms with Crippen LogP contribution in [-0.2, 0) is 27.9 Å². The summed E-state index contributed by atoms with van der Waals surface area (Å²) in [5.74, 6) is -0.345. The summed E-state index contributed by atoms with van der Waals surface area (Å²) in [7, 11) is -3.82. The zero-order valence-corrected chi connectivity index (χ0v) is 18.0. The summed E-state index contributed by atoms with van der Waals surface area (Å²) in [6.45, 7) is 4.19. The van der Waals surface area contributed by atoms with E-state index in [2.05, 4.69) is 5.32 Å². The molecule has 0 fully saturated rings. The Kier molecular flexibility index (Phi) is 7.03. The Morgan fingerprint density at radius 3 is 1.90 bits per heavy atom. The van der Waals surface area contributed by atoms with Crippen LogP contribution in [-0.4, -0.2) is 25.2 Å². The molecule has 6 heteroatoms. The van der Waals surface area contributed by atoms with Crippen LogP contribution in [0.1, 0.15) is 22.3 Å². The average molecular weight is 423 g/mol. The van der Waals surface area contributed by atoms with Crippen molar-refractivity contribution in [2.24, 2.45) is 0 Å². The van der Waals surface area contributed by atoms with Gasteiger partial charge in [-0.25, -0.2) is 8.42 Å². The third kappa shape index (κ3) is 5.78. The highest BCUT2D eigenvalue weighted by Gasteiger charge is 2.26. The van der Waals surface area contributed by atoms with E-state index >= 15 is 0 Å². The van der Waals surface area contributed by atoms with Gasteiger partial charge in [0.05, 0.1) is 11.4 Å². The van der Waals surface area contributed by atoms with Crippen LogP contribution in [0.5, 0.6) is 0 Å². The number of nitrogens with zero attached hydrogens (tertiary/aromatic N) is 1. The molecule has 0 saturated carbocycles. The zero-order chi connectivity index (χ0) is 21.6. The van der Waals surface area contributed by atoms with E-state index in [1.807, 2.05) is 62.4 Å². The van der Waals surface area contributed by atoms with Crippen LogP contribution < -0.4 is 5.32 Å². The van der Waals surface area contributed by atoms with E-state index in [4.69, 9.17) is 0 Å². The molecule has 0 aliphatic rings. The molecular formula is C24H26N2O3S. The Morgan fingerprint density at radius 1 is 0.800 bits per heavy atom. The molecular weight excluding hydrogens is 396 g/mol. The Balaban J connectivity index is 1.77. The highest BCUT2D eigenvalue weighted by molar-refractivity contribution is 7.89. The molecule has 1 N–H and O–H groups in total. The second-order valence-electron chi connectivity index (χ2n) is 7.33. The molecule has 1 amide bonds. The van der Waals surface area contributed by atoms with Gasteiger partial charge in [0.25, 0.3) is 0 Å². The minimum absolute atomic E-state index is 0.120. The topological polar surface area (TPSA) is 66.5 Å². The van der Waals surface area contributed by atoms with Crippen molar-refractivity contribution in [3.63, 3.8) is 0 Å². The molecule has 0 atom stereocenters. The highest BCUT2D eigenvalue weighted by atomic mass is 32.2. The molecule has 3 aromatic carbocycles. The molecule has 0 spiro atoms.